The zero-order valence-corrected chi connectivity index (χ0v) is 20.3. The Morgan fingerprint density at radius 2 is 1.79 bits per heavy atom. The summed E-state index contributed by atoms with van der Waals surface area (Å²) in [6.45, 7) is 2.72. The smallest absolute Gasteiger partial charge is 0.250 e. The minimum Gasteiger partial charge on any atom is -0.467 e. The second-order valence-corrected chi connectivity index (χ2v) is 8.36. The number of rotatable bonds is 11. The molecule has 0 fully saturated rings. The van der Waals surface area contributed by atoms with Gasteiger partial charge in [0, 0.05) is 39.1 Å². The molecule has 7 heteroatoms. The molecule has 7 nitrogen and oxygen atoms in total. The summed E-state index contributed by atoms with van der Waals surface area (Å²) < 4.78 is 10.5. The highest BCUT2D eigenvalue weighted by atomic mass is 16.5. The summed E-state index contributed by atoms with van der Waals surface area (Å²) in [5.74, 6) is 0.254. The van der Waals surface area contributed by atoms with Crippen LogP contribution in [-0.4, -0.2) is 44.5 Å². The first-order chi connectivity index (χ1) is 16.4. The summed E-state index contributed by atoms with van der Waals surface area (Å²) >= 11 is 0. The van der Waals surface area contributed by atoms with E-state index in [9.17, 15) is 9.59 Å². The van der Waals surface area contributed by atoms with E-state index in [4.69, 9.17) is 9.15 Å². The Bertz CT molecular complexity index is 1060. The molecule has 2 aromatic carbocycles. The number of amides is 2. The van der Waals surface area contributed by atoms with Gasteiger partial charge in [0.25, 0.3) is 0 Å². The number of anilines is 2. The summed E-state index contributed by atoms with van der Waals surface area (Å²) in [7, 11) is 5.40. The molecule has 0 aliphatic rings. The van der Waals surface area contributed by atoms with Gasteiger partial charge in [0.2, 0.25) is 11.8 Å². The number of methoxy groups -OCH3 is 1. The molecule has 34 heavy (non-hydrogen) atoms. The van der Waals surface area contributed by atoms with E-state index in [0.29, 0.717) is 31.0 Å². The molecule has 0 saturated carbocycles. The van der Waals surface area contributed by atoms with Crippen molar-refractivity contribution in [3.63, 3.8) is 0 Å². The molecule has 0 aliphatic heterocycles. The maximum absolute atomic E-state index is 13.8. The number of ether oxygens (including phenoxy) is 1. The second kappa shape index (κ2) is 12.0. The maximum atomic E-state index is 13.8. The quantitative estimate of drug-likeness (QED) is 0.448. The number of carbonyl (C=O) groups is 2. The molecule has 0 aliphatic carbocycles. The lowest BCUT2D eigenvalue weighted by molar-refractivity contribution is -0.134. The average molecular weight is 464 g/mol. The highest BCUT2D eigenvalue weighted by Crippen LogP contribution is 2.28. The zero-order valence-electron chi connectivity index (χ0n) is 20.3. The lowest BCUT2D eigenvalue weighted by Gasteiger charge is -2.29. The maximum Gasteiger partial charge on any atom is 0.250 e. The van der Waals surface area contributed by atoms with Crippen LogP contribution < -0.4 is 10.2 Å². The number of hydrogen-bond acceptors (Lipinski definition) is 5. The molecule has 0 saturated heterocycles. The van der Waals surface area contributed by atoms with Gasteiger partial charge in [-0.3, -0.25) is 9.59 Å². The van der Waals surface area contributed by atoms with Crippen LogP contribution in [0.5, 0.6) is 0 Å². The first kappa shape index (κ1) is 25.1. The molecule has 3 rings (SSSR count). The Balaban J connectivity index is 1.95. The van der Waals surface area contributed by atoms with Crippen LogP contribution >= 0.6 is 0 Å². The van der Waals surface area contributed by atoms with Crippen molar-refractivity contribution in [3.8, 4) is 0 Å². The van der Waals surface area contributed by atoms with Gasteiger partial charge in [-0.25, -0.2) is 0 Å². The van der Waals surface area contributed by atoms with E-state index in [1.165, 1.54) is 7.11 Å². The number of furan rings is 1. The minimum absolute atomic E-state index is 0.0247. The molecule has 0 spiro atoms. The lowest BCUT2D eigenvalue weighted by atomic mass is 9.94. The number of benzene rings is 2. The topological polar surface area (TPSA) is 75.0 Å². The highest BCUT2D eigenvalue weighted by molar-refractivity contribution is 5.92. The van der Waals surface area contributed by atoms with E-state index in [1.807, 2.05) is 91.5 Å². The van der Waals surface area contributed by atoms with E-state index in [2.05, 4.69) is 5.32 Å². The van der Waals surface area contributed by atoms with Crippen LogP contribution in [0.25, 0.3) is 0 Å². The first-order valence-corrected chi connectivity index (χ1v) is 11.4. The number of carbonyl (C=O) groups excluding carboxylic acids is 2. The van der Waals surface area contributed by atoms with E-state index in [-0.39, 0.29) is 24.3 Å². The monoisotopic (exact) mass is 463 g/mol. The molecule has 0 bridgehead atoms. The van der Waals surface area contributed by atoms with E-state index < -0.39 is 0 Å². The van der Waals surface area contributed by atoms with Gasteiger partial charge in [-0.05, 0) is 47.9 Å². The van der Waals surface area contributed by atoms with Crippen molar-refractivity contribution < 1.29 is 18.7 Å². The van der Waals surface area contributed by atoms with Crippen molar-refractivity contribution in [1.29, 1.82) is 0 Å². The Hall–Kier alpha value is -3.58. The van der Waals surface area contributed by atoms with Crippen LogP contribution in [0.2, 0.25) is 0 Å². The SMILES string of the molecule is CC[C@H](C(=O)N(Cc1ccco1)Cc1cc(NC(=O)COC)ccc1N(C)C)c1ccccc1. The third-order valence-electron chi connectivity index (χ3n) is 5.63. The van der Waals surface area contributed by atoms with Gasteiger partial charge in [0.15, 0.2) is 0 Å². The zero-order chi connectivity index (χ0) is 24.5. The number of hydrogen-bond donors (Lipinski definition) is 1. The predicted octanol–water partition coefficient (Wildman–Crippen LogP) is 4.65. The minimum atomic E-state index is -0.261. The van der Waals surface area contributed by atoms with Gasteiger partial charge in [-0.2, -0.15) is 0 Å². The molecule has 1 N–H and O–H groups in total. The van der Waals surface area contributed by atoms with Crippen molar-refractivity contribution >= 4 is 23.2 Å². The molecule has 1 aromatic heterocycles. The van der Waals surface area contributed by atoms with Crippen molar-refractivity contribution in [3.05, 3.63) is 83.8 Å². The van der Waals surface area contributed by atoms with Crippen LogP contribution in [-0.2, 0) is 27.4 Å². The molecule has 3 aromatic rings. The largest absolute Gasteiger partial charge is 0.467 e. The fourth-order valence-corrected chi connectivity index (χ4v) is 4.02. The van der Waals surface area contributed by atoms with Gasteiger partial charge in [-0.1, -0.05) is 37.3 Å². The summed E-state index contributed by atoms with van der Waals surface area (Å²) in [5.41, 5.74) is 3.54. The highest BCUT2D eigenvalue weighted by Gasteiger charge is 2.26. The second-order valence-electron chi connectivity index (χ2n) is 8.36. The van der Waals surface area contributed by atoms with Crippen LogP contribution in [0.1, 0.15) is 36.1 Å². The molecule has 1 heterocycles. The number of nitrogens with zero attached hydrogens (tertiary/aromatic N) is 2. The molecule has 0 radical (unpaired) electrons. The van der Waals surface area contributed by atoms with Gasteiger partial charge in [0.1, 0.15) is 12.4 Å². The van der Waals surface area contributed by atoms with Gasteiger partial charge >= 0.3 is 0 Å². The summed E-state index contributed by atoms with van der Waals surface area (Å²) in [4.78, 5) is 29.7. The normalized spacial score (nSPS) is 11.6. The van der Waals surface area contributed by atoms with Crippen LogP contribution in [0.4, 0.5) is 11.4 Å². The predicted molar refractivity (Wildman–Crippen MR) is 134 cm³/mol. The third-order valence-corrected chi connectivity index (χ3v) is 5.63. The first-order valence-electron chi connectivity index (χ1n) is 11.4. The van der Waals surface area contributed by atoms with E-state index in [0.717, 1.165) is 16.8 Å². The molecule has 0 unspecified atom stereocenters. The number of nitrogens with one attached hydrogen (secondary N) is 1. The van der Waals surface area contributed by atoms with E-state index in [1.54, 1.807) is 6.26 Å². The van der Waals surface area contributed by atoms with Gasteiger partial charge in [-0.15, -0.1) is 0 Å². The molecule has 2 amide bonds. The molecule has 1 atom stereocenters. The fraction of sp³-hybridized carbons (Fsp3) is 0.333. The average Bonchev–Trinajstić information content (AvgIpc) is 3.33. The lowest BCUT2D eigenvalue weighted by Crippen LogP contribution is -2.34. The fourth-order valence-electron chi connectivity index (χ4n) is 4.02. The summed E-state index contributed by atoms with van der Waals surface area (Å²) in [5, 5.41) is 2.85. The van der Waals surface area contributed by atoms with Gasteiger partial charge < -0.3 is 24.3 Å². The third kappa shape index (κ3) is 6.48. The van der Waals surface area contributed by atoms with Crippen molar-refractivity contribution in [2.75, 3.05) is 38.0 Å². The molecular formula is C27H33N3O4. The van der Waals surface area contributed by atoms with Crippen LogP contribution in [0, 0.1) is 0 Å². The Morgan fingerprint density at radius 1 is 1.03 bits per heavy atom. The Labute approximate surface area is 201 Å². The van der Waals surface area contributed by atoms with E-state index >= 15 is 0 Å². The molecule has 180 valence electrons. The Kier molecular flexibility index (Phi) is 8.87. The van der Waals surface area contributed by atoms with Gasteiger partial charge in [0.05, 0.1) is 18.7 Å². The Morgan fingerprint density at radius 3 is 2.41 bits per heavy atom. The van der Waals surface area contributed by atoms with Crippen LogP contribution in [0.15, 0.2) is 71.3 Å². The van der Waals surface area contributed by atoms with Crippen molar-refractivity contribution in [1.82, 2.24) is 4.90 Å². The standard InChI is InChI=1S/C27H33N3O4/c1-5-24(20-10-7-6-8-11-20)27(32)30(18-23-12-9-15-34-23)17-21-16-22(28-26(31)19-33-4)13-14-25(21)29(2)3/h6-16,24H,5,17-19H2,1-4H3,(H,28,31)/t24-/m0/s1. The molecular weight excluding hydrogens is 430 g/mol. The van der Waals surface area contributed by atoms with Crippen LogP contribution in [0.3, 0.4) is 0 Å². The summed E-state index contributed by atoms with van der Waals surface area (Å²) in [6.07, 6.45) is 2.30. The summed E-state index contributed by atoms with van der Waals surface area (Å²) in [6, 6.07) is 19.3. The van der Waals surface area contributed by atoms with Crippen molar-refractivity contribution in [2.45, 2.75) is 32.4 Å². The van der Waals surface area contributed by atoms with Crippen molar-refractivity contribution in [2.24, 2.45) is 0 Å².